The number of hydrogen-bond acceptors (Lipinski definition) is 5. The first-order valence-electron chi connectivity index (χ1n) is 7.43. The summed E-state index contributed by atoms with van der Waals surface area (Å²) in [5.74, 6) is -1.04. The summed E-state index contributed by atoms with van der Waals surface area (Å²) in [6.45, 7) is 0.231. The van der Waals surface area contributed by atoms with Crippen LogP contribution < -0.4 is 10.1 Å². The maximum atomic E-state index is 13.0. The largest absolute Gasteiger partial charge is 0.484 e. The van der Waals surface area contributed by atoms with Gasteiger partial charge in [-0.05, 0) is 12.1 Å². The van der Waals surface area contributed by atoms with Gasteiger partial charge in [-0.15, -0.1) is 0 Å². The Morgan fingerprint density at radius 1 is 1.42 bits per heavy atom. The van der Waals surface area contributed by atoms with Crippen LogP contribution in [0.3, 0.4) is 0 Å². The maximum absolute atomic E-state index is 13.0. The van der Waals surface area contributed by atoms with Crippen molar-refractivity contribution in [3.8, 4) is 5.75 Å². The third kappa shape index (κ3) is 5.15. The average molecular weight is 360 g/mol. The van der Waals surface area contributed by atoms with E-state index in [4.69, 9.17) is 9.47 Å². The van der Waals surface area contributed by atoms with Gasteiger partial charge in [0.1, 0.15) is 11.6 Å². The topological polar surface area (TPSA) is 84.9 Å². The molecule has 1 aromatic carbocycles. The molecule has 9 heteroatoms. The molecule has 2 rings (SSSR count). The first-order chi connectivity index (χ1) is 11.3. The van der Waals surface area contributed by atoms with Crippen molar-refractivity contribution in [2.45, 2.75) is 6.04 Å². The third-order valence-corrected chi connectivity index (χ3v) is 5.65. The van der Waals surface area contributed by atoms with E-state index in [2.05, 4.69) is 5.32 Å². The minimum atomic E-state index is -3.38. The molecule has 0 unspecified atom stereocenters. The van der Waals surface area contributed by atoms with Gasteiger partial charge in [-0.25, -0.2) is 17.1 Å². The van der Waals surface area contributed by atoms with Crippen LogP contribution in [-0.2, 0) is 19.6 Å². The van der Waals surface area contributed by atoms with Crippen LogP contribution in [0.1, 0.15) is 0 Å². The second kappa shape index (κ2) is 7.91. The Labute approximate surface area is 140 Å². The molecule has 0 aliphatic carbocycles. The van der Waals surface area contributed by atoms with Gasteiger partial charge in [-0.3, -0.25) is 4.79 Å². The molecule has 0 radical (unpaired) electrons. The van der Waals surface area contributed by atoms with Gasteiger partial charge in [0.15, 0.2) is 6.61 Å². The number of ether oxygens (including phenoxy) is 2. The van der Waals surface area contributed by atoms with Crippen LogP contribution in [0.2, 0.25) is 0 Å². The standard InChI is InChI=1S/C15H21FN2O5S/c1-18(2)24(20,21)10-11-7-22-8-14(11)17-15(19)9-23-13-5-3-4-12(16)6-13/h3-6,11,14H,7-10H2,1-2H3,(H,17,19)/t11-,14-/m0/s1. The molecule has 0 aromatic heterocycles. The first-order valence-corrected chi connectivity index (χ1v) is 9.04. The van der Waals surface area contributed by atoms with Gasteiger partial charge in [0, 0.05) is 26.1 Å². The Bertz CT molecular complexity index is 680. The highest BCUT2D eigenvalue weighted by molar-refractivity contribution is 7.89. The number of nitrogens with one attached hydrogen (secondary N) is 1. The number of hydrogen-bond donors (Lipinski definition) is 1. The highest BCUT2D eigenvalue weighted by Gasteiger charge is 2.34. The van der Waals surface area contributed by atoms with Crippen molar-refractivity contribution in [1.82, 2.24) is 9.62 Å². The van der Waals surface area contributed by atoms with E-state index in [1.54, 1.807) is 6.07 Å². The molecule has 1 amide bonds. The molecule has 24 heavy (non-hydrogen) atoms. The molecule has 1 saturated heterocycles. The van der Waals surface area contributed by atoms with Crippen LogP contribution in [0, 0.1) is 11.7 Å². The lowest BCUT2D eigenvalue weighted by atomic mass is 10.1. The number of halogens is 1. The van der Waals surface area contributed by atoms with Gasteiger partial charge in [-0.1, -0.05) is 6.07 Å². The van der Waals surface area contributed by atoms with E-state index in [-0.39, 0.29) is 37.2 Å². The lowest BCUT2D eigenvalue weighted by Gasteiger charge is -2.21. The summed E-state index contributed by atoms with van der Waals surface area (Å²) in [5, 5.41) is 2.71. The molecule has 1 aliphatic rings. The van der Waals surface area contributed by atoms with E-state index >= 15 is 0 Å². The lowest BCUT2D eigenvalue weighted by Crippen LogP contribution is -2.45. The summed E-state index contributed by atoms with van der Waals surface area (Å²) in [6.07, 6.45) is 0. The summed E-state index contributed by atoms with van der Waals surface area (Å²) in [4.78, 5) is 12.0. The Hall–Kier alpha value is -1.71. The van der Waals surface area contributed by atoms with Crippen molar-refractivity contribution < 1.29 is 27.1 Å². The van der Waals surface area contributed by atoms with Crippen molar-refractivity contribution in [2.24, 2.45) is 5.92 Å². The fourth-order valence-electron chi connectivity index (χ4n) is 2.30. The molecule has 7 nitrogen and oxygen atoms in total. The van der Waals surface area contributed by atoms with E-state index < -0.39 is 27.8 Å². The summed E-state index contributed by atoms with van der Waals surface area (Å²) in [6, 6.07) is 5.08. The van der Waals surface area contributed by atoms with Crippen molar-refractivity contribution in [1.29, 1.82) is 0 Å². The van der Waals surface area contributed by atoms with Gasteiger partial charge < -0.3 is 14.8 Å². The number of rotatable bonds is 7. The van der Waals surface area contributed by atoms with E-state index in [1.165, 1.54) is 32.3 Å². The molecule has 1 heterocycles. The molecule has 1 N–H and O–H groups in total. The van der Waals surface area contributed by atoms with Crippen molar-refractivity contribution in [3.05, 3.63) is 30.1 Å². The minimum Gasteiger partial charge on any atom is -0.484 e. The fraction of sp³-hybridized carbons (Fsp3) is 0.533. The smallest absolute Gasteiger partial charge is 0.258 e. The number of carbonyl (C=O) groups excluding carboxylic acids is 1. The molecular formula is C15H21FN2O5S. The van der Waals surface area contributed by atoms with Gasteiger partial charge >= 0.3 is 0 Å². The Morgan fingerprint density at radius 3 is 2.83 bits per heavy atom. The number of benzene rings is 1. The zero-order valence-electron chi connectivity index (χ0n) is 13.6. The Morgan fingerprint density at radius 2 is 2.17 bits per heavy atom. The van der Waals surface area contributed by atoms with E-state index in [9.17, 15) is 17.6 Å². The quantitative estimate of drug-likeness (QED) is 0.752. The molecule has 1 aliphatic heterocycles. The zero-order chi connectivity index (χ0) is 17.7. The number of nitrogens with zero attached hydrogens (tertiary/aromatic N) is 1. The predicted octanol–water partition coefficient (Wildman–Crippen LogP) is 0.227. The van der Waals surface area contributed by atoms with Gasteiger partial charge in [0.2, 0.25) is 10.0 Å². The van der Waals surface area contributed by atoms with Crippen molar-refractivity contribution in [2.75, 3.05) is 39.7 Å². The van der Waals surface area contributed by atoms with Gasteiger partial charge in [0.05, 0.1) is 25.0 Å². The number of amides is 1. The zero-order valence-corrected chi connectivity index (χ0v) is 14.4. The summed E-state index contributed by atoms with van der Waals surface area (Å²) >= 11 is 0. The SMILES string of the molecule is CN(C)S(=O)(=O)C[C@@H]1COC[C@@H]1NC(=O)COc1cccc(F)c1. The Balaban J connectivity index is 1.86. The number of sulfonamides is 1. The fourth-order valence-corrected chi connectivity index (χ4v) is 3.46. The minimum absolute atomic E-state index is 0.101. The second-order valence-corrected chi connectivity index (χ2v) is 8.01. The van der Waals surface area contributed by atoms with E-state index in [1.807, 2.05) is 0 Å². The molecule has 0 saturated carbocycles. The number of carbonyl (C=O) groups is 1. The van der Waals surface area contributed by atoms with Crippen molar-refractivity contribution >= 4 is 15.9 Å². The average Bonchev–Trinajstić information content (AvgIpc) is 2.91. The summed E-state index contributed by atoms with van der Waals surface area (Å²) < 4.78 is 48.6. The monoisotopic (exact) mass is 360 g/mol. The van der Waals surface area contributed by atoms with Crippen LogP contribution >= 0.6 is 0 Å². The highest BCUT2D eigenvalue weighted by atomic mass is 32.2. The normalized spacial score (nSPS) is 21.0. The molecule has 0 spiro atoms. The van der Waals surface area contributed by atoms with Crippen LogP contribution in [0.5, 0.6) is 5.75 Å². The van der Waals surface area contributed by atoms with Crippen LogP contribution in [-0.4, -0.2) is 64.3 Å². The maximum Gasteiger partial charge on any atom is 0.258 e. The Kier molecular flexibility index (Phi) is 6.14. The van der Waals surface area contributed by atoms with Crippen LogP contribution in [0.15, 0.2) is 24.3 Å². The third-order valence-electron chi connectivity index (χ3n) is 3.69. The van der Waals surface area contributed by atoms with E-state index in [0.717, 1.165) is 4.31 Å². The van der Waals surface area contributed by atoms with E-state index in [0.29, 0.717) is 0 Å². The molecule has 1 fully saturated rings. The predicted molar refractivity (Wildman–Crippen MR) is 85.6 cm³/mol. The molecule has 2 atom stereocenters. The highest BCUT2D eigenvalue weighted by Crippen LogP contribution is 2.17. The first kappa shape index (κ1) is 18.6. The van der Waals surface area contributed by atoms with Crippen LogP contribution in [0.4, 0.5) is 4.39 Å². The van der Waals surface area contributed by atoms with Gasteiger partial charge in [0.25, 0.3) is 5.91 Å². The van der Waals surface area contributed by atoms with Crippen LogP contribution in [0.25, 0.3) is 0 Å². The molecule has 0 bridgehead atoms. The molecule has 1 aromatic rings. The summed E-state index contributed by atoms with van der Waals surface area (Å²) in [7, 11) is -0.454. The van der Waals surface area contributed by atoms with Crippen molar-refractivity contribution in [3.63, 3.8) is 0 Å². The second-order valence-electron chi connectivity index (χ2n) is 5.78. The summed E-state index contributed by atoms with van der Waals surface area (Å²) in [5.41, 5.74) is 0. The molecular weight excluding hydrogens is 339 g/mol. The lowest BCUT2D eigenvalue weighted by molar-refractivity contribution is -0.124. The van der Waals surface area contributed by atoms with Gasteiger partial charge in [-0.2, -0.15) is 0 Å². The molecule has 134 valence electrons.